The first-order chi connectivity index (χ1) is 5.74. The third-order valence-corrected chi connectivity index (χ3v) is 1.44. The van der Waals surface area contributed by atoms with Gasteiger partial charge < -0.3 is 9.84 Å². The van der Waals surface area contributed by atoms with Gasteiger partial charge in [0.2, 0.25) is 0 Å². The number of phenols is 1. The number of rotatable bonds is 3. The summed E-state index contributed by atoms with van der Waals surface area (Å²) in [4.78, 5) is 11.2. The Balaban J connectivity index is 0.00000144. The predicted molar refractivity (Wildman–Crippen MR) is 51.5 cm³/mol. The summed E-state index contributed by atoms with van der Waals surface area (Å²) < 4.78 is 4.67. The van der Waals surface area contributed by atoms with Gasteiger partial charge in [-0.1, -0.05) is 12.1 Å². The zero-order chi connectivity index (χ0) is 8.97. The molecule has 1 aromatic rings. The van der Waals surface area contributed by atoms with Gasteiger partial charge in [-0.15, -0.1) is 0 Å². The van der Waals surface area contributed by atoms with Gasteiger partial charge in [0, 0.05) is 12.7 Å². The van der Waals surface area contributed by atoms with Crippen molar-refractivity contribution in [2.45, 2.75) is 0 Å². The topological polar surface area (TPSA) is 46.5 Å². The molecule has 4 heteroatoms. The molecule has 0 radical (unpaired) electrons. The number of Topliss-reactive ketones (excluding diaryl/α,β-unsaturated/α-hetero) is 1. The summed E-state index contributed by atoms with van der Waals surface area (Å²) in [5, 5.41) is 9.04. The molecule has 3 nitrogen and oxygen atoms in total. The molecule has 0 heterocycles. The second kappa shape index (κ2) is 6.70. The van der Waals surface area contributed by atoms with E-state index in [0.717, 1.165) is 0 Å². The van der Waals surface area contributed by atoms with Gasteiger partial charge in [-0.25, -0.2) is 0 Å². The van der Waals surface area contributed by atoms with Gasteiger partial charge in [0.1, 0.15) is 12.4 Å². The van der Waals surface area contributed by atoms with E-state index >= 15 is 0 Å². The first-order valence-electron chi connectivity index (χ1n) is 3.55. The molecular weight excluding hydrogens is 195 g/mol. The average Bonchev–Trinajstić information content (AvgIpc) is 2.05. The molecule has 13 heavy (non-hydrogen) atoms. The van der Waals surface area contributed by atoms with Crippen LogP contribution in [0.25, 0.3) is 0 Å². The predicted octanol–water partition coefficient (Wildman–Crippen LogP) is 0.573. The van der Waals surface area contributed by atoms with Crippen LogP contribution in [0.2, 0.25) is 0 Å². The monoisotopic (exact) mass is 206 g/mol. The Hall–Kier alpha value is 0.286. The Bertz CT molecular complexity index is 286. The van der Waals surface area contributed by atoms with Crippen LogP contribution in [-0.2, 0) is 4.74 Å². The summed E-state index contributed by atoms with van der Waals surface area (Å²) in [5.74, 6) is -0.0367. The molecule has 0 bridgehead atoms. The summed E-state index contributed by atoms with van der Waals surface area (Å²) >= 11 is 0. The van der Waals surface area contributed by atoms with Gasteiger partial charge in [0.05, 0.1) is 0 Å². The maximum atomic E-state index is 11.2. The number of aromatic hydroxyl groups is 1. The molecule has 0 aliphatic heterocycles. The Labute approximate surface area is 120 Å². The fraction of sp³-hybridized carbons (Fsp3) is 0.222. The number of hydrogen-bond donors (Lipinski definition) is 1. The Morgan fingerprint density at radius 1 is 1.54 bits per heavy atom. The summed E-state index contributed by atoms with van der Waals surface area (Å²) in [6.07, 6.45) is 0. The van der Waals surface area contributed by atoms with Crippen molar-refractivity contribution >= 4 is 57.2 Å². The number of hydrogen-bond acceptors (Lipinski definition) is 3. The van der Waals surface area contributed by atoms with Crippen LogP contribution in [0.4, 0.5) is 0 Å². The molecule has 0 saturated heterocycles. The molecule has 0 spiro atoms. The molecule has 0 unspecified atom stereocenters. The SMILES string of the molecule is COCC(=O)c1cccc(O)c1.[KH]. The van der Waals surface area contributed by atoms with Crippen molar-refractivity contribution in [2.24, 2.45) is 0 Å². The number of carbonyl (C=O) groups is 1. The Kier molecular flexibility index (Phi) is 6.85. The van der Waals surface area contributed by atoms with Crippen molar-refractivity contribution in [2.75, 3.05) is 13.7 Å². The van der Waals surface area contributed by atoms with Crippen LogP contribution in [0.15, 0.2) is 24.3 Å². The van der Waals surface area contributed by atoms with E-state index in [1.165, 1.54) is 19.2 Å². The van der Waals surface area contributed by atoms with Crippen LogP contribution in [0, 0.1) is 0 Å². The van der Waals surface area contributed by atoms with Crippen LogP contribution < -0.4 is 0 Å². The summed E-state index contributed by atoms with van der Waals surface area (Å²) in [6.45, 7) is 0.0451. The third kappa shape index (κ3) is 4.35. The van der Waals surface area contributed by atoms with Crippen molar-refractivity contribution in [3.05, 3.63) is 29.8 Å². The zero-order valence-corrected chi connectivity index (χ0v) is 6.78. The Morgan fingerprint density at radius 3 is 2.77 bits per heavy atom. The van der Waals surface area contributed by atoms with Gasteiger partial charge in [-0.3, -0.25) is 4.79 Å². The number of ether oxygens (including phenoxy) is 1. The van der Waals surface area contributed by atoms with E-state index < -0.39 is 0 Å². The number of methoxy groups -OCH3 is 1. The molecular formula is C9H11KO3. The van der Waals surface area contributed by atoms with Crippen molar-refractivity contribution in [3.8, 4) is 5.75 Å². The molecule has 0 aromatic heterocycles. The minimum absolute atomic E-state index is 0. The van der Waals surface area contributed by atoms with E-state index in [0.29, 0.717) is 5.56 Å². The fourth-order valence-electron chi connectivity index (χ4n) is 0.894. The second-order valence-electron chi connectivity index (χ2n) is 2.41. The van der Waals surface area contributed by atoms with E-state index in [-0.39, 0.29) is 69.5 Å². The van der Waals surface area contributed by atoms with Crippen molar-refractivity contribution < 1.29 is 14.6 Å². The minimum atomic E-state index is -0.131. The maximum absolute atomic E-state index is 11.2. The van der Waals surface area contributed by atoms with Crippen molar-refractivity contribution in [3.63, 3.8) is 0 Å². The Morgan fingerprint density at radius 2 is 2.23 bits per heavy atom. The summed E-state index contributed by atoms with van der Waals surface area (Å²) in [7, 11) is 1.46. The summed E-state index contributed by atoms with van der Waals surface area (Å²) in [5.41, 5.74) is 0.469. The van der Waals surface area contributed by atoms with Crippen LogP contribution in [-0.4, -0.2) is 76.0 Å². The average molecular weight is 206 g/mol. The quantitative estimate of drug-likeness (QED) is 0.581. The molecule has 1 aromatic carbocycles. The molecule has 0 saturated carbocycles. The third-order valence-electron chi connectivity index (χ3n) is 1.44. The molecule has 1 N–H and O–H groups in total. The number of phenolic OH excluding ortho intramolecular Hbond substituents is 1. The molecule has 0 aliphatic rings. The van der Waals surface area contributed by atoms with Gasteiger partial charge in [-0.05, 0) is 12.1 Å². The number of carbonyl (C=O) groups excluding carboxylic acids is 1. The van der Waals surface area contributed by atoms with E-state index in [2.05, 4.69) is 4.74 Å². The standard InChI is InChI=1S/C9H10O3.K.H/c1-12-6-9(11)7-3-2-4-8(10)5-7;;/h2-5,10H,6H2,1H3;;. The van der Waals surface area contributed by atoms with Gasteiger partial charge in [-0.2, -0.15) is 0 Å². The normalized spacial score (nSPS) is 9.00. The number of ketones is 1. The molecule has 66 valence electrons. The first-order valence-corrected chi connectivity index (χ1v) is 3.55. The first kappa shape index (κ1) is 13.3. The van der Waals surface area contributed by atoms with E-state index in [1.54, 1.807) is 12.1 Å². The molecule has 0 amide bonds. The van der Waals surface area contributed by atoms with E-state index in [1.807, 2.05) is 0 Å². The van der Waals surface area contributed by atoms with Crippen molar-refractivity contribution in [1.29, 1.82) is 0 Å². The molecule has 1 rings (SSSR count). The fourth-order valence-corrected chi connectivity index (χ4v) is 0.894. The van der Waals surface area contributed by atoms with E-state index in [9.17, 15) is 4.79 Å². The molecule has 0 aliphatic carbocycles. The number of benzene rings is 1. The van der Waals surface area contributed by atoms with Crippen LogP contribution in [0.5, 0.6) is 5.75 Å². The van der Waals surface area contributed by atoms with Crippen molar-refractivity contribution in [1.82, 2.24) is 0 Å². The van der Waals surface area contributed by atoms with Crippen LogP contribution in [0.3, 0.4) is 0 Å². The van der Waals surface area contributed by atoms with Crippen LogP contribution in [0.1, 0.15) is 10.4 Å². The van der Waals surface area contributed by atoms with E-state index in [4.69, 9.17) is 5.11 Å². The van der Waals surface area contributed by atoms with Gasteiger partial charge in [0.25, 0.3) is 0 Å². The second-order valence-corrected chi connectivity index (χ2v) is 2.41. The zero-order valence-electron chi connectivity index (χ0n) is 6.78. The van der Waals surface area contributed by atoms with Gasteiger partial charge >= 0.3 is 51.4 Å². The van der Waals surface area contributed by atoms with Crippen LogP contribution >= 0.6 is 0 Å². The summed E-state index contributed by atoms with van der Waals surface area (Å²) in [6, 6.07) is 6.20. The van der Waals surface area contributed by atoms with Gasteiger partial charge in [0.15, 0.2) is 5.78 Å². The molecule has 0 atom stereocenters. The molecule has 0 fully saturated rings.